The third-order valence-electron chi connectivity index (χ3n) is 5.20. The first kappa shape index (κ1) is 21.5. The van der Waals surface area contributed by atoms with E-state index in [-0.39, 0.29) is 23.8 Å². The summed E-state index contributed by atoms with van der Waals surface area (Å²) in [5.41, 5.74) is 0.596. The van der Waals surface area contributed by atoms with Crippen molar-refractivity contribution in [3.05, 3.63) is 36.5 Å². The number of rotatable bonds is 8. The normalized spacial score (nSPS) is 19.6. The molecule has 3 N–H and O–H groups in total. The van der Waals surface area contributed by atoms with Gasteiger partial charge in [0, 0.05) is 18.3 Å². The highest BCUT2D eigenvalue weighted by Crippen LogP contribution is 2.27. The summed E-state index contributed by atoms with van der Waals surface area (Å²) < 4.78 is 33.0. The highest BCUT2D eigenvalue weighted by Gasteiger charge is 2.25. The number of ether oxygens (including phenoxy) is 1. The van der Waals surface area contributed by atoms with Crippen LogP contribution >= 0.6 is 0 Å². The fourth-order valence-corrected chi connectivity index (χ4v) is 5.53. The van der Waals surface area contributed by atoms with E-state index in [1.165, 1.54) is 0 Å². The van der Waals surface area contributed by atoms with Crippen LogP contribution in [0.25, 0.3) is 11.0 Å². The zero-order valence-electron chi connectivity index (χ0n) is 17.7. The number of para-hydroxylation sites is 1. The van der Waals surface area contributed by atoms with Crippen molar-refractivity contribution in [2.45, 2.75) is 51.6 Å². The summed E-state index contributed by atoms with van der Waals surface area (Å²) in [5, 5.41) is 11.2. The zero-order chi connectivity index (χ0) is 21.8. The van der Waals surface area contributed by atoms with Crippen LogP contribution in [-0.4, -0.2) is 46.4 Å². The van der Waals surface area contributed by atoms with Crippen LogP contribution in [0.1, 0.15) is 39.5 Å². The van der Waals surface area contributed by atoms with Gasteiger partial charge in [-0.2, -0.15) is 4.98 Å². The molecule has 0 atom stereocenters. The van der Waals surface area contributed by atoms with Gasteiger partial charge in [0.2, 0.25) is 21.9 Å². The van der Waals surface area contributed by atoms with Crippen LogP contribution in [0.4, 0.5) is 5.95 Å². The van der Waals surface area contributed by atoms with E-state index in [0.717, 1.165) is 25.7 Å². The SMILES string of the molecule is CC(C)CS(=O)(=O)NC1CCC(Nc2ncc3c(Oc4ccccc4)n[nH]c3n2)CC1. The lowest BCUT2D eigenvalue weighted by molar-refractivity contribution is 0.385. The quantitative estimate of drug-likeness (QED) is 0.486. The number of nitrogens with zero attached hydrogens (tertiary/aromatic N) is 3. The van der Waals surface area contributed by atoms with Crippen LogP contribution in [0.2, 0.25) is 0 Å². The maximum atomic E-state index is 12.2. The van der Waals surface area contributed by atoms with E-state index in [1.54, 1.807) is 6.20 Å². The van der Waals surface area contributed by atoms with Crippen LogP contribution in [0.15, 0.2) is 36.5 Å². The molecule has 2 heterocycles. The highest BCUT2D eigenvalue weighted by atomic mass is 32.2. The summed E-state index contributed by atoms with van der Waals surface area (Å²) in [6.07, 6.45) is 4.97. The van der Waals surface area contributed by atoms with Gasteiger partial charge in [0.15, 0.2) is 5.65 Å². The first-order chi connectivity index (χ1) is 14.9. The molecule has 0 aliphatic heterocycles. The molecule has 10 heteroatoms. The Hall–Kier alpha value is -2.72. The van der Waals surface area contributed by atoms with Crippen molar-refractivity contribution in [2.24, 2.45) is 5.92 Å². The standard InChI is InChI=1S/C21H28N6O3S/c1-14(2)13-31(28,29)27-16-10-8-15(9-11-16)23-21-22-12-18-19(24-21)25-26-20(18)30-17-6-4-3-5-7-17/h3-7,12,14-16,27H,8-11,13H2,1-2H3,(H2,22,23,24,25,26). The molecule has 0 bridgehead atoms. The minimum absolute atomic E-state index is 0.00417. The number of aromatic amines is 1. The minimum atomic E-state index is -3.22. The summed E-state index contributed by atoms with van der Waals surface area (Å²) in [6, 6.07) is 9.62. The Balaban J connectivity index is 1.33. The second-order valence-electron chi connectivity index (χ2n) is 8.39. The summed E-state index contributed by atoms with van der Waals surface area (Å²) in [6.45, 7) is 3.82. The molecule has 31 heavy (non-hydrogen) atoms. The number of hydrogen-bond donors (Lipinski definition) is 3. The van der Waals surface area contributed by atoms with Gasteiger partial charge >= 0.3 is 0 Å². The molecule has 1 aromatic carbocycles. The molecule has 1 aliphatic carbocycles. The van der Waals surface area contributed by atoms with Gasteiger partial charge in [-0.05, 0) is 43.7 Å². The summed E-state index contributed by atoms with van der Waals surface area (Å²) in [5.74, 6) is 1.93. The number of aromatic nitrogens is 4. The fraction of sp³-hybridized carbons (Fsp3) is 0.476. The van der Waals surface area contributed by atoms with E-state index >= 15 is 0 Å². The minimum Gasteiger partial charge on any atom is -0.437 e. The van der Waals surface area contributed by atoms with Crippen LogP contribution < -0.4 is 14.8 Å². The molecule has 0 radical (unpaired) electrons. The van der Waals surface area contributed by atoms with Crippen LogP contribution in [0.5, 0.6) is 11.6 Å². The first-order valence-corrected chi connectivity index (χ1v) is 12.2. The van der Waals surface area contributed by atoms with E-state index < -0.39 is 10.0 Å². The number of H-pyrrole nitrogens is 1. The molecule has 0 unspecified atom stereocenters. The Morgan fingerprint density at radius 1 is 1.13 bits per heavy atom. The molecular formula is C21H28N6O3S. The van der Waals surface area contributed by atoms with Gasteiger partial charge in [-0.3, -0.25) is 5.10 Å². The molecule has 1 saturated carbocycles. The average molecular weight is 445 g/mol. The van der Waals surface area contributed by atoms with Crippen LogP contribution in [-0.2, 0) is 10.0 Å². The smallest absolute Gasteiger partial charge is 0.249 e. The molecule has 0 amide bonds. The fourth-order valence-electron chi connectivity index (χ4n) is 3.81. The average Bonchev–Trinajstić information content (AvgIpc) is 3.11. The Kier molecular flexibility index (Phi) is 6.38. The molecule has 0 saturated heterocycles. The molecule has 9 nitrogen and oxygen atoms in total. The second-order valence-corrected chi connectivity index (χ2v) is 10.2. The van der Waals surface area contributed by atoms with Gasteiger partial charge in [0.1, 0.15) is 11.1 Å². The Morgan fingerprint density at radius 3 is 2.55 bits per heavy atom. The van der Waals surface area contributed by atoms with Gasteiger partial charge in [0.25, 0.3) is 0 Å². The first-order valence-electron chi connectivity index (χ1n) is 10.6. The largest absolute Gasteiger partial charge is 0.437 e. The molecule has 0 spiro atoms. The van der Waals surface area contributed by atoms with Crippen molar-refractivity contribution >= 4 is 27.0 Å². The highest BCUT2D eigenvalue weighted by molar-refractivity contribution is 7.89. The predicted molar refractivity (Wildman–Crippen MR) is 120 cm³/mol. The van der Waals surface area contributed by atoms with Gasteiger partial charge in [0.05, 0.1) is 5.75 Å². The zero-order valence-corrected chi connectivity index (χ0v) is 18.5. The van der Waals surface area contributed by atoms with E-state index in [1.807, 2.05) is 44.2 Å². The summed E-state index contributed by atoms with van der Waals surface area (Å²) >= 11 is 0. The van der Waals surface area contributed by atoms with Crippen molar-refractivity contribution in [2.75, 3.05) is 11.1 Å². The maximum Gasteiger partial charge on any atom is 0.249 e. The molecular weight excluding hydrogens is 416 g/mol. The molecule has 1 fully saturated rings. The number of anilines is 1. The van der Waals surface area contributed by atoms with Crippen molar-refractivity contribution in [3.8, 4) is 11.6 Å². The van der Waals surface area contributed by atoms with Crippen molar-refractivity contribution < 1.29 is 13.2 Å². The molecule has 1 aliphatic rings. The summed E-state index contributed by atoms with van der Waals surface area (Å²) in [7, 11) is -3.22. The number of nitrogens with one attached hydrogen (secondary N) is 3. The number of fused-ring (bicyclic) bond motifs is 1. The Bertz CT molecular complexity index is 1110. The number of benzene rings is 1. The molecule has 166 valence electrons. The molecule has 2 aromatic heterocycles. The van der Waals surface area contributed by atoms with Gasteiger partial charge in [-0.25, -0.2) is 18.1 Å². The monoisotopic (exact) mass is 444 g/mol. The van der Waals surface area contributed by atoms with Crippen LogP contribution in [0.3, 0.4) is 0 Å². The second kappa shape index (κ2) is 9.19. The lowest BCUT2D eigenvalue weighted by Gasteiger charge is -2.29. The lowest BCUT2D eigenvalue weighted by Crippen LogP contribution is -2.41. The number of sulfonamides is 1. The number of hydrogen-bond acceptors (Lipinski definition) is 7. The van der Waals surface area contributed by atoms with E-state index in [4.69, 9.17) is 4.74 Å². The van der Waals surface area contributed by atoms with Gasteiger partial charge in [-0.1, -0.05) is 32.0 Å². The maximum absolute atomic E-state index is 12.2. The predicted octanol–water partition coefficient (Wildman–Crippen LogP) is 3.44. The Labute approximate surface area is 182 Å². The van der Waals surface area contributed by atoms with E-state index in [9.17, 15) is 8.42 Å². The topological polar surface area (TPSA) is 122 Å². The van der Waals surface area contributed by atoms with E-state index in [2.05, 4.69) is 30.2 Å². The van der Waals surface area contributed by atoms with Gasteiger partial charge in [-0.15, -0.1) is 5.10 Å². The Morgan fingerprint density at radius 2 is 1.84 bits per heavy atom. The van der Waals surface area contributed by atoms with Gasteiger partial charge < -0.3 is 10.1 Å². The molecule has 3 aromatic rings. The third-order valence-corrected chi connectivity index (χ3v) is 7.00. The summed E-state index contributed by atoms with van der Waals surface area (Å²) in [4.78, 5) is 8.92. The van der Waals surface area contributed by atoms with Crippen molar-refractivity contribution in [3.63, 3.8) is 0 Å². The van der Waals surface area contributed by atoms with E-state index in [0.29, 0.717) is 28.6 Å². The third kappa shape index (κ3) is 5.71. The molecule has 4 rings (SSSR count). The van der Waals surface area contributed by atoms with Crippen molar-refractivity contribution in [1.29, 1.82) is 0 Å². The van der Waals surface area contributed by atoms with Crippen LogP contribution in [0, 0.1) is 5.92 Å². The lowest BCUT2D eigenvalue weighted by atomic mass is 9.92. The van der Waals surface area contributed by atoms with Crippen molar-refractivity contribution in [1.82, 2.24) is 24.9 Å².